The van der Waals surface area contributed by atoms with Gasteiger partial charge in [0, 0.05) is 10.6 Å². The smallest absolute Gasteiger partial charge is 0.123 e. The summed E-state index contributed by atoms with van der Waals surface area (Å²) in [5.74, 6) is 4.45. The van der Waals surface area contributed by atoms with Crippen molar-refractivity contribution in [3.63, 3.8) is 0 Å². The summed E-state index contributed by atoms with van der Waals surface area (Å²) < 4.78 is 12.5. The van der Waals surface area contributed by atoms with Crippen LogP contribution in [-0.4, -0.2) is 0 Å². The Kier molecular flexibility index (Phi) is 2.82. The molecule has 1 rings (SSSR count). The summed E-state index contributed by atoms with van der Waals surface area (Å²) >= 11 is 5.67. The number of benzene rings is 1. The van der Waals surface area contributed by atoms with Gasteiger partial charge in [-0.15, -0.1) is 0 Å². The van der Waals surface area contributed by atoms with Gasteiger partial charge in [0.1, 0.15) is 5.82 Å². The zero-order valence-electron chi connectivity index (χ0n) is 5.68. The molecule has 0 bridgehead atoms. The van der Waals surface area contributed by atoms with Gasteiger partial charge in [-0.2, -0.15) is 0 Å². The SMILES string of the molecule is NOCc1cc(F)ccc1Cl. The van der Waals surface area contributed by atoms with E-state index in [1.165, 1.54) is 18.2 Å². The minimum atomic E-state index is -0.346. The second kappa shape index (κ2) is 3.67. The van der Waals surface area contributed by atoms with Crippen LogP contribution in [0.15, 0.2) is 18.2 Å². The van der Waals surface area contributed by atoms with Crippen molar-refractivity contribution in [3.8, 4) is 0 Å². The van der Waals surface area contributed by atoms with Crippen molar-refractivity contribution in [2.45, 2.75) is 6.61 Å². The lowest BCUT2D eigenvalue weighted by Crippen LogP contribution is -1.99. The van der Waals surface area contributed by atoms with Crippen molar-refractivity contribution in [3.05, 3.63) is 34.6 Å². The van der Waals surface area contributed by atoms with E-state index >= 15 is 0 Å². The third-order valence-corrected chi connectivity index (χ3v) is 1.62. The first kappa shape index (κ1) is 8.46. The lowest BCUT2D eigenvalue weighted by atomic mass is 10.2. The van der Waals surface area contributed by atoms with Crippen LogP contribution in [0.2, 0.25) is 5.02 Å². The third kappa shape index (κ3) is 2.15. The Morgan fingerprint density at radius 3 is 2.91 bits per heavy atom. The topological polar surface area (TPSA) is 35.2 Å². The molecule has 0 heterocycles. The lowest BCUT2D eigenvalue weighted by Gasteiger charge is -2.00. The monoisotopic (exact) mass is 175 g/mol. The number of halogens is 2. The molecule has 0 unspecified atom stereocenters. The molecule has 0 aliphatic carbocycles. The minimum Gasteiger partial charge on any atom is -0.300 e. The van der Waals surface area contributed by atoms with Crippen LogP contribution < -0.4 is 5.90 Å². The van der Waals surface area contributed by atoms with Crippen LogP contribution in [0.5, 0.6) is 0 Å². The molecular weight excluding hydrogens is 169 g/mol. The van der Waals surface area contributed by atoms with Gasteiger partial charge in [0.2, 0.25) is 0 Å². The minimum absolute atomic E-state index is 0.122. The highest BCUT2D eigenvalue weighted by molar-refractivity contribution is 6.31. The van der Waals surface area contributed by atoms with E-state index in [9.17, 15) is 4.39 Å². The fourth-order valence-electron chi connectivity index (χ4n) is 0.744. The Hall–Kier alpha value is -0.640. The van der Waals surface area contributed by atoms with E-state index < -0.39 is 0 Å². The first-order valence-electron chi connectivity index (χ1n) is 2.99. The molecule has 2 nitrogen and oxygen atoms in total. The lowest BCUT2D eigenvalue weighted by molar-refractivity contribution is 0.124. The molecule has 0 saturated carbocycles. The second-order valence-electron chi connectivity index (χ2n) is 2.05. The van der Waals surface area contributed by atoms with E-state index in [2.05, 4.69) is 4.84 Å². The van der Waals surface area contributed by atoms with E-state index in [1.54, 1.807) is 0 Å². The molecule has 0 amide bonds. The molecule has 0 radical (unpaired) electrons. The van der Waals surface area contributed by atoms with E-state index in [1.807, 2.05) is 0 Å². The number of hydrogen-bond acceptors (Lipinski definition) is 2. The maximum atomic E-state index is 12.5. The molecular formula is C7H7ClFNO. The van der Waals surface area contributed by atoms with E-state index in [0.29, 0.717) is 10.6 Å². The molecule has 0 aliphatic rings. The van der Waals surface area contributed by atoms with Gasteiger partial charge in [0.25, 0.3) is 0 Å². The van der Waals surface area contributed by atoms with Gasteiger partial charge in [-0.25, -0.2) is 10.3 Å². The summed E-state index contributed by atoms with van der Waals surface area (Å²) in [5.41, 5.74) is 0.550. The quantitative estimate of drug-likeness (QED) is 0.697. The maximum absolute atomic E-state index is 12.5. The van der Waals surface area contributed by atoms with E-state index in [-0.39, 0.29) is 12.4 Å². The summed E-state index contributed by atoms with van der Waals surface area (Å²) in [5, 5.41) is 0.455. The van der Waals surface area contributed by atoms with Crippen LogP contribution in [-0.2, 0) is 11.4 Å². The molecule has 0 aliphatic heterocycles. The fraction of sp³-hybridized carbons (Fsp3) is 0.143. The third-order valence-electron chi connectivity index (χ3n) is 1.25. The molecule has 0 atom stereocenters. The van der Waals surface area contributed by atoms with E-state index in [0.717, 1.165) is 0 Å². The number of hydrogen-bond donors (Lipinski definition) is 1. The first-order valence-corrected chi connectivity index (χ1v) is 3.37. The van der Waals surface area contributed by atoms with Crippen LogP contribution in [0.4, 0.5) is 4.39 Å². The van der Waals surface area contributed by atoms with Crippen LogP contribution in [0.3, 0.4) is 0 Å². The van der Waals surface area contributed by atoms with Gasteiger partial charge in [-0.05, 0) is 18.2 Å². The zero-order chi connectivity index (χ0) is 8.27. The Morgan fingerprint density at radius 1 is 1.55 bits per heavy atom. The molecule has 0 spiro atoms. The zero-order valence-corrected chi connectivity index (χ0v) is 6.44. The molecule has 4 heteroatoms. The van der Waals surface area contributed by atoms with Crippen LogP contribution >= 0.6 is 11.6 Å². The van der Waals surface area contributed by atoms with Crippen molar-refractivity contribution < 1.29 is 9.23 Å². The summed E-state index contributed by atoms with van der Waals surface area (Å²) in [6, 6.07) is 4.03. The average molecular weight is 176 g/mol. The predicted octanol–water partition coefficient (Wildman–Crippen LogP) is 1.87. The van der Waals surface area contributed by atoms with Crippen molar-refractivity contribution >= 4 is 11.6 Å². The number of nitrogens with two attached hydrogens (primary N) is 1. The molecule has 0 aromatic heterocycles. The maximum Gasteiger partial charge on any atom is 0.123 e. The standard InChI is InChI=1S/C7H7ClFNO/c8-7-2-1-6(9)3-5(7)4-11-10/h1-3H,4,10H2. The molecule has 60 valence electrons. The number of rotatable bonds is 2. The first-order chi connectivity index (χ1) is 5.24. The van der Waals surface area contributed by atoms with Gasteiger partial charge in [0.05, 0.1) is 6.61 Å². The van der Waals surface area contributed by atoms with Gasteiger partial charge < -0.3 is 0 Å². The summed E-state index contributed by atoms with van der Waals surface area (Å²) in [7, 11) is 0. The van der Waals surface area contributed by atoms with Crippen LogP contribution in [0, 0.1) is 5.82 Å². The summed E-state index contributed by atoms with van der Waals surface area (Å²) in [4.78, 5) is 4.31. The highest BCUT2D eigenvalue weighted by Gasteiger charge is 2.00. The summed E-state index contributed by atoms with van der Waals surface area (Å²) in [6.45, 7) is 0.122. The molecule has 0 saturated heterocycles. The molecule has 11 heavy (non-hydrogen) atoms. The Labute approximate surface area is 68.7 Å². The highest BCUT2D eigenvalue weighted by atomic mass is 35.5. The highest BCUT2D eigenvalue weighted by Crippen LogP contribution is 2.16. The van der Waals surface area contributed by atoms with Crippen molar-refractivity contribution in [1.82, 2.24) is 0 Å². The van der Waals surface area contributed by atoms with E-state index in [4.69, 9.17) is 17.5 Å². The molecule has 1 aromatic carbocycles. The summed E-state index contributed by atoms with van der Waals surface area (Å²) in [6.07, 6.45) is 0. The van der Waals surface area contributed by atoms with Gasteiger partial charge >= 0.3 is 0 Å². The molecule has 0 fully saturated rings. The molecule has 2 N–H and O–H groups in total. The van der Waals surface area contributed by atoms with Gasteiger partial charge in [0.15, 0.2) is 0 Å². The molecule has 1 aromatic rings. The van der Waals surface area contributed by atoms with Gasteiger partial charge in [-0.3, -0.25) is 4.84 Å². The normalized spacial score (nSPS) is 10.1. The van der Waals surface area contributed by atoms with Crippen molar-refractivity contribution in [2.75, 3.05) is 0 Å². The fourth-order valence-corrected chi connectivity index (χ4v) is 0.916. The van der Waals surface area contributed by atoms with Crippen molar-refractivity contribution in [2.24, 2.45) is 5.90 Å². The Balaban J connectivity index is 2.93. The Morgan fingerprint density at radius 2 is 2.27 bits per heavy atom. The van der Waals surface area contributed by atoms with Crippen LogP contribution in [0.1, 0.15) is 5.56 Å². The second-order valence-corrected chi connectivity index (χ2v) is 2.45. The van der Waals surface area contributed by atoms with Crippen molar-refractivity contribution in [1.29, 1.82) is 0 Å². The van der Waals surface area contributed by atoms with Gasteiger partial charge in [-0.1, -0.05) is 11.6 Å². The Bertz CT molecular complexity index is 254. The predicted molar refractivity (Wildman–Crippen MR) is 40.4 cm³/mol. The largest absolute Gasteiger partial charge is 0.300 e. The van der Waals surface area contributed by atoms with Crippen LogP contribution in [0.25, 0.3) is 0 Å². The average Bonchev–Trinajstić information content (AvgIpc) is 1.98.